The van der Waals surface area contributed by atoms with Gasteiger partial charge in [0.15, 0.2) is 0 Å². The number of carbonyl (C=O) groups excluding carboxylic acids is 1. The van der Waals surface area contributed by atoms with Crippen LogP contribution in [0, 0.1) is 6.92 Å². The molecule has 0 saturated heterocycles. The summed E-state index contributed by atoms with van der Waals surface area (Å²) < 4.78 is 3.69. The fourth-order valence-electron chi connectivity index (χ4n) is 4.57. The smallest absolute Gasteiger partial charge is 0.235 e. The molecule has 0 bridgehead atoms. The lowest BCUT2D eigenvalue weighted by Gasteiger charge is -2.18. The zero-order valence-corrected chi connectivity index (χ0v) is 21.2. The van der Waals surface area contributed by atoms with Gasteiger partial charge in [-0.1, -0.05) is 17.7 Å². The molecule has 0 spiro atoms. The molecular weight excluding hydrogens is 494 g/mol. The third-order valence-electron chi connectivity index (χ3n) is 6.19. The van der Waals surface area contributed by atoms with Crippen LogP contribution in [0.4, 0.5) is 5.82 Å². The lowest BCUT2D eigenvalue weighted by molar-refractivity contribution is -0.113. The fraction of sp³-hybridized carbons (Fsp3) is 0.192. The highest BCUT2D eigenvalue weighted by Gasteiger charge is 2.33. The molecule has 36 heavy (non-hydrogen) atoms. The van der Waals surface area contributed by atoms with Gasteiger partial charge in [0.05, 0.1) is 34.1 Å². The van der Waals surface area contributed by atoms with Crippen molar-refractivity contribution in [2.45, 2.75) is 25.6 Å². The summed E-state index contributed by atoms with van der Waals surface area (Å²) in [5.41, 5.74) is 6.04. The van der Waals surface area contributed by atoms with Crippen molar-refractivity contribution >= 4 is 46.0 Å². The van der Waals surface area contributed by atoms with E-state index in [1.807, 2.05) is 65.8 Å². The van der Waals surface area contributed by atoms with Gasteiger partial charge in [0.2, 0.25) is 5.91 Å². The SMILES string of the molecule is CCn1nc(-c2ccccn2)c2c1NC(=O)CSC2c1cc2cnn(-c3ccnc(C)c3)c2cc1Cl. The van der Waals surface area contributed by atoms with E-state index >= 15 is 0 Å². The minimum absolute atomic E-state index is 0.0657. The molecule has 6 rings (SSSR count). The van der Waals surface area contributed by atoms with Crippen LogP contribution in [-0.2, 0) is 11.3 Å². The van der Waals surface area contributed by atoms with Gasteiger partial charge in [0.1, 0.15) is 11.5 Å². The minimum atomic E-state index is -0.223. The average Bonchev–Trinajstić information content (AvgIpc) is 3.41. The summed E-state index contributed by atoms with van der Waals surface area (Å²) in [4.78, 5) is 21.5. The molecule has 0 radical (unpaired) electrons. The summed E-state index contributed by atoms with van der Waals surface area (Å²) in [5.74, 6) is 0.926. The molecule has 0 aliphatic carbocycles. The number of rotatable bonds is 4. The number of aryl methyl sites for hydroxylation is 2. The molecule has 0 saturated carbocycles. The number of halogens is 1. The number of carbonyl (C=O) groups is 1. The number of fused-ring (bicyclic) bond motifs is 2. The van der Waals surface area contributed by atoms with Gasteiger partial charge in [-0.15, -0.1) is 11.8 Å². The molecule has 1 amide bonds. The van der Waals surface area contributed by atoms with Crippen LogP contribution in [0.1, 0.15) is 29.0 Å². The molecule has 1 aliphatic rings. The number of nitrogens with zero attached hydrogens (tertiary/aromatic N) is 6. The quantitative estimate of drug-likeness (QED) is 0.343. The number of hydrogen-bond acceptors (Lipinski definition) is 6. The number of aromatic nitrogens is 6. The van der Waals surface area contributed by atoms with E-state index in [2.05, 4.69) is 26.4 Å². The fourth-order valence-corrected chi connectivity index (χ4v) is 6.05. The lowest BCUT2D eigenvalue weighted by atomic mass is 10.0. The van der Waals surface area contributed by atoms with Crippen LogP contribution in [0.25, 0.3) is 28.0 Å². The molecular formula is C26H22ClN7OS. The number of nitrogens with one attached hydrogen (secondary N) is 1. The highest BCUT2D eigenvalue weighted by atomic mass is 35.5. The van der Waals surface area contributed by atoms with Crippen LogP contribution in [0.3, 0.4) is 0 Å². The average molecular weight is 516 g/mol. The molecule has 180 valence electrons. The van der Waals surface area contributed by atoms with Gasteiger partial charge in [-0.25, -0.2) is 9.36 Å². The normalized spacial score (nSPS) is 15.5. The van der Waals surface area contributed by atoms with E-state index < -0.39 is 0 Å². The Balaban J connectivity index is 1.54. The van der Waals surface area contributed by atoms with Gasteiger partial charge in [-0.2, -0.15) is 10.2 Å². The van der Waals surface area contributed by atoms with Crippen LogP contribution >= 0.6 is 23.4 Å². The van der Waals surface area contributed by atoms with Crippen molar-refractivity contribution in [2.24, 2.45) is 0 Å². The van der Waals surface area contributed by atoms with Crippen LogP contribution in [0.5, 0.6) is 0 Å². The Labute approximate surface area is 216 Å². The first-order chi connectivity index (χ1) is 17.5. The Morgan fingerprint density at radius 1 is 1.17 bits per heavy atom. The summed E-state index contributed by atoms with van der Waals surface area (Å²) in [5, 5.41) is 13.9. The second kappa shape index (κ2) is 9.07. The largest absolute Gasteiger partial charge is 0.310 e. The summed E-state index contributed by atoms with van der Waals surface area (Å²) in [6.07, 6.45) is 5.36. The van der Waals surface area contributed by atoms with Crippen molar-refractivity contribution < 1.29 is 4.79 Å². The second-order valence-electron chi connectivity index (χ2n) is 8.53. The molecule has 1 N–H and O–H groups in total. The van der Waals surface area contributed by atoms with Crippen molar-refractivity contribution in [3.8, 4) is 17.1 Å². The molecule has 1 atom stereocenters. The molecule has 1 aromatic carbocycles. The zero-order valence-electron chi connectivity index (χ0n) is 19.6. The maximum atomic E-state index is 12.7. The van der Waals surface area contributed by atoms with E-state index in [1.165, 1.54) is 11.8 Å². The summed E-state index contributed by atoms with van der Waals surface area (Å²) in [6, 6.07) is 13.7. The predicted octanol–water partition coefficient (Wildman–Crippen LogP) is 5.44. The van der Waals surface area contributed by atoms with E-state index in [0.717, 1.165) is 44.8 Å². The Kier molecular flexibility index (Phi) is 5.73. The summed E-state index contributed by atoms with van der Waals surface area (Å²) >= 11 is 8.50. The Bertz CT molecular complexity index is 1610. The monoisotopic (exact) mass is 515 g/mol. The maximum Gasteiger partial charge on any atom is 0.235 e. The van der Waals surface area contributed by atoms with Crippen LogP contribution < -0.4 is 5.32 Å². The number of anilines is 1. The van der Waals surface area contributed by atoms with Crippen molar-refractivity contribution in [1.82, 2.24) is 29.5 Å². The topological polar surface area (TPSA) is 90.5 Å². The predicted molar refractivity (Wildman–Crippen MR) is 143 cm³/mol. The third kappa shape index (κ3) is 3.84. The number of thioether (sulfide) groups is 1. The third-order valence-corrected chi connectivity index (χ3v) is 7.77. The highest BCUT2D eigenvalue weighted by molar-refractivity contribution is 8.00. The van der Waals surface area contributed by atoms with Gasteiger partial charge >= 0.3 is 0 Å². The van der Waals surface area contributed by atoms with Crippen molar-refractivity contribution in [2.75, 3.05) is 11.1 Å². The van der Waals surface area contributed by atoms with Gasteiger partial charge in [0, 0.05) is 40.6 Å². The van der Waals surface area contributed by atoms with Gasteiger partial charge < -0.3 is 5.32 Å². The number of hydrogen-bond donors (Lipinski definition) is 1. The standard InChI is InChI=1S/C26H22ClN7OS/c1-3-33-26-23(24(32-33)20-6-4-5-8-29-20)25(36-14-22(35)31-26)18-11-16-13-30-34(21(16)12-19(18)27)17-7-9-28-15(2)10-17/h4-13,25H,3,14H2,1-2H3,(H,31,35). The van der Waals surface area contributed by atoms with Crippen molar-refractivity contribution in [3.05, 3.63) is 82.9 Å². The second-order valence-corrected chi connectivity index (χ2v) is 10.0. The Hall–Kier alpha value is -3.69. The molecule has 10 heteroatoms. The molecule has 8 nitrogen and oxygen atoms in total. The van der Waals surface area contributed by atoms with E-state index in [-0.39, 0.29) is 11.2 Å². The maximum absolute atomic E-state index is 12.7. The van der Waals surface area contributed by atoms with Crippen LogP contribution in [0.15, 0.2) is 61.1 Å². The van der Waals surface area contributed by atoms with Crippen LogP contribution in [-0.4, -0.2) is 41.2 Å². The van der Waals surface area contributed by atoms with Crippen molar-refractivity contribution in [3.63, 3.8) is 0 Å². The van der Waals surface area contributed by atoms with E-state index in [1.54, 1.807) is 12.4 Å². The first-order valence-corrected chi connectivity index (χ1v) is 13.0. The van der Waals surface area contributed by atoms with Gasteiger partial charge in [-0.05, 0) is 55.8 Å². The van der Waals surface area contributed by atoms with Gasteiger partial charge in [0.25, 0.3) is 0 Å². The van der Waals surface area contributed by atoms with Crippen molar-refractivity contribution in [1.29, 1.82) is 0 Å². The first-order valence-electron chi connectivity index (χ1n) is 11.6. The highest BCUT2D eigenvalue weighted by Crippen LogP contribution is 2.48. The number of pyridine rings is 2. The molecule has 0 fully saturated rings. The number of benzene rings is 1. The molecule has 5 heterocycles. The lowest BCUT2D eigenvalue weighted by Crippen LogP contribution is -2.16. The molecule has 1 aliphatic heterocycles. The zero-order chi connectivity index (χ0) is 24.8. The molecule has 5 aromatic rings. The first kappa shape index (κ1) is 22.8. The minimum Gasteiger partial charge on any atom is -0.310 e. The van der Waals surface area contributed by atoms with E-state index in [9.17, 15) is 4.79 Å². The molecule has 4 aromatic heterocycles. The van der Waals surface area contributed by atoms with E-state index in [0.29, 0.717) is 23.1 Å². The van der Waals surface area contributed by atoms with E-state index in [4.69, 9.17) is 16.7 Å². The summed E-state index contributed by atoms with van der Waals surface area (Å²) in [6.45, 7) is 4.56. The Morgan fingerprint density at radius 3 is 2.83 bits per heavy atom. The van der Waals surface area contributed by atoms with Crippen LogP contribution in [0.2, 0.25) is 5.02 Å². The van der Waals surface area contributed by atoms with Gasteiger partial charge in [-0.3, -0.25) is 14.8 Å². The Morgan fingerprint density at radius 2 is 2.06 bits per heavy atom. The summed E-state index contributed by atoms with van der Waals surface area (Å²) in [7, 11) is 0. The number of amides is 1. The molecule has 1 unspecified atom stereocenters.